The van der Waals surface area contributed by atoms with E-state index in [9.17, 15) is 29.2 Å². The highest BCUT2D eigenvalue weighted by Gasteiger charge is 2.39. The number of hydrogen-bond donors (Lipinski definition) is 4. The second-order valence-electron chi connectivity index (χ2n) is 14.7. The van der Waals surface area contributed by atoms with Gasteiger partial charge in [0.1, 0.15) is 12.4 Å². The quantitative estimate of drug-likeness (QED) is 0.0210. The van der Waals surface area contributed by atoms with Crippen molar-refractivity contribution in [2.24, 2.45) is 11.8 Å². The number of Topliss-reactive ketones (excluding diaryl/α,β-unsaturated/α-hetero) is 1. The van der Waals surface area contributed by atoms with Gasteiger partial charge >= 0.3 is 19.8 Å². The molecular weight excluding hydrogens is 747 g/mol. The molecule has 0 aromatic rings. The minimum atomic E-state index is -4.84. The van der Waals surface area contributed by atoms with Crippen LogP contribution >= 0.6 is 7.82 Å². The number of unbranched alkanes of at least 4 members (excludes halogenated alkanes) is 8. The van der Waals surface area contributed by atoms with Gasteiger partial charge in [0, 0.05) is 25.2 Å². The summed E-state index contributed by atoms with van der Waals surface area (Å²) in [5.74, 6) is -1.77. The first kappa shape index (κ1) is 52.1. The summed E-state index contributed by atoms with van der Waals surface area (Å²) in [7, 11) is -4.84. The zero-order valence-corrected chi connectivity index (χ0v) is 35.6. The van der Waals surface area contributed by atoms with Crippen LogP contribution in [-0.2, 0) is 32.9 Å². The van der Waals surface area contributed by atoms with Gasteiger partial charge in [0.15, 0.2) is 6.10 Å². The standard InChI is InChI=1S/C45H73O11P/c1-3-5-7-8-9-10-11-12-13-14-15-16-17-18-19-20-21-22-27-31-44(49)54-36-39(37-55-57(51,52)53)56-45(50)32-28-24-23-26-30-40-41(43(48)35-42(40)47)34-33-38(46)29-25-6-4-2/h9-10,12-13,15-16,18-19,21-22,33-34,38-42,46-47H,3-8,11,14,17,20,23-32,35-37H2,1-2H3,(H2,51,52,53)/b10-9-,13-12-,16-15-,19-18-,22-21-,34-33+/t38-,39+,40+,41+,42-/m0/s1. The van der Waals surface area contributed by atoms with Crippen LogP contribution in [0.1, 0.15) is 149 Å². The van der Waals surface area contributed by atoms with E-state index in [2.05, 4.69) is 67.0 Å². The highest BCUT2D eigenvalue weighted by Crippen LogP contribution is 2.36. The molecule has 0 aliphatic heterocycles. The topological polar surface area (TPSA) is 177 Å². The molecule has 324 valence electrons. The lowest BCUT2D eigenvalue weighted by Gasteiger charge is -2.19. The van der Waals surface area contributed by atoms with Crippen LogP contribution < -0.4 is 0 Å². The first-order chi connectivity index (χ1) is 27.5. The summed E-state index contributed by atoms with van der Waals surface area (Å²) in [6, 6.07) is 0. The third-order valence-corrected chi connectivity index (χ3v) is 10.1. The molecule has 0 saturated heterocycles. The summed E-state index contributed by atoms with van der Waals surface area (Å²) in [5, 5.41) is 20.7. The minimum absolute atomic E-state index is 0.0129. The van der Waals surface area contributed by atoms with Gasteiger partial charge in [-0.3, -0.25) is 18.9 Å². The highest BCUT2D eigenvalue weighted by molar-refractivity contribution is 7.46. The smallest absolute Gasteiger partial charge is 0.462 e. The third-order valence-electron chi connectivity index (χ3n) is 9.62. The number of carbonyl (C=O) groups is 3. The molecule has 0 radical (unpaired) electrons. The van der Waals surface area contributed by atoms with Crippen molar-refractivity contribution >= 4 is 25.5 Å². The number of phosphoric acid groups is 1. The molecule has 5 atom stereocenters. The number of ether oxygens (including phenoxy) is 2. The number of hydrogen-bond acceptors (Lipinski definition) is 9. The molecule has 0 unspecified atom stereocenters. The summed E-state index contributed by atoms with van der Waals surface area (Å²) in [6.07, 6.45) is 38.3. The summed E-state index contributed by atoms with van der Waals surface area (Å²) in [6.45, 7) is 3.28. The van der Waals surface area contributed by atoms with Crippen molar-refractivity contribution in [1.82, 2.24) is 0 Å². The van der Waals surface area contributed by atoms with E-state index < -0.39 is 57.2 Å². The Balaban J connectivity index is 2.31. The monoisotopic (exact) mass is 820 g/mol. The molecule has 57 heavy (non-hydrogen) atoms. The Morgan fingerprint density at radius 3 is 1.93 bits per heavy atom. The number of aliphatic hydroxyl groups is 2. The van der Waals surface area contributed by atoms with Crippen molar-refractivity contribution in [1.29, 1.82) is 0 Å². The second kappa shape index (κ2) is 34.0. The van der Waals surface area contributed by atoms with Crippen LogP contribution in [0.4, 0.5) is 0 Å². The second-order valence-corrected chi connectivity index (χ2v) is 16.0. The van der Waals surface area contributed by atoms with Crippen molar-refractivity contribution in [2.45, 2.75) is 167 Å². The lowest BCUT2D eigenvalue weighted by Crippen LogP contribution is -2.29. The Morgan fingerprint density at radius 2 is 1.32 bits per heavy atom. The number of aliphatic hydroxyl groups excluding tert-OH is 2. The first-order valence-corrected chi connectivity index (χ1v) is 22.9. The van der Waals surface area contributed by atoms with Gasteiger partial charge in [-0.15, -0.1) is 0 Å². The fraction of sp³-hybridized carbons (Fsp3) is 0.667. The van der Waals surface area contributed by atoms with Crippen LogP contribution in [0.25, 0.3) is 0 Å². The average molecular weight is 821 g/mol. The number of ketones is 1. The molecule has 11 nitrogen and oxygen atoms in total. The zero-order valence-electron chi connectivity index (χ0n) is 34.7. The zero-order chi connectivity index (χ0) is 42.0. The third kappa shape index (κ3) is 29.9. The predicted octanol–water partition coefficient (Wildman–Crippen LogP) is 9.66. The van der Waals surface area contributed by atoms with Crippen LogP contribution in [0.3, 0.4) is 0 Å². The van der Waals surface area contributed by atoms with E-state index in [-0.39, 0.29) is 31.0 Å². The largest absolute Gasteiger partial charge is 0.469 e. The Hall–Kier alpha value is -2.92. The van der Waals surface area contributed by atoms with Gasteiger partial charge in [0.25, 0.3) is 0 Å². The normalized spacial score (nSPS) is 19.1. The van der Waals surface area contributed by atoms with Gasteiger partial charge in [0.2, 0.25) is 0 Å². The fourth-order valence-electron chi connectivity index (χ4n) is 6.38. The van der Waals surface area contributed by atoms with Crippen molar-refractivity contribution < 1.29 is 52.9 Å². The highest BCUT2D eigenvalue weighted by atomic mass is 31.2. The van der Waals surface area contributed by atoms with Gasteiger partial charge in [0.05, 0.1) is 18.8 Å². The van der Waals surface area contributed by atoms with E-state index in [1.807, 2.05) is 12.2 Å². The molecule has 0 bridgehead atoms. The van der Waals surface area contributed by atoms with E-state index in [1.165, 1.54) is 19.3 Å². The molecule has 12 heteroatoms. The predicted molar refractivity (Wildman–Crippen MR) is 226 cm³/mol. The number of esters is 2. The van der Waals surface area contributed by atoms with Crippen LogP contribution in [-0.4, -0.2) is 69.2 Å². The molecule has 0 aromatic heterocycles. The number of phosphoric ester groups is 1. The van der Waals surface area contributed by atoms with E-state index >= 15 is 0 Å². The molecule has 0 heterocycles. The molecule has 4 N–H and O–H groups in total. The molecule has 1 aliphatic rings. The van der Waals surface area contributed by atoms with E-state index in [0.29, 0.717) is 32.1 Å². The summed E-state index contributed by atoms with van der Waals surface area (Å²) in [5.41, 5.74) is 0. The van der Waals surface area contributed by atoms with E-state index in [4.69, 9.17) is 19.3 Å². The molecule has 0 spiro atoms. The Labute approximate surface area is 342 Å². The molecule has 0 aromatic carbocycles. The Morgan fingerprint density at radius 1 is 0.737 bits per heavy atom. The van der Waals surface area contributed by atoms with Crippen molar-refractivity contribution in [2.75, 3.05) is 13.2 Å². The van der Waals surface area contributed by atoms with E-state index in [1.54, 1.807) is 12.2 Å². The van der Waals surface area contributed by atoms with Gasteiger partial charge in [-0.1, -0.05) is 138 Å². The minimum Gasteiger partial charge on any atom is -0.462 e. The molecule has 1 rings (SSSR count). The van der Waals surface area contributed by atoms with Crippen molar-refractivity contribution in [3.05, 3.63) is 72.9 Å². The number of carbonyl (C=O) groups excluding carboxylic acids is 3. The first-order valence-electron chi connectivity index (χ1n) is 21.3. The van der Waals surface area contributed by atoms with Gasteiger partial charge in [-0.2, -0.15) is 0 Å². The molecule has 1 saturated carbocycles. The van der Waals surface area contributed by atoms with Crippen molar-refractivity contribution in [3.63, 3.8) is 0 Å². The SMILES string of the molecule is CCCCC/C=C\C/C=C\C/C=C\C/C=C\C/C=C\CCC(=O)OC[C@H](COP(=O)(O)O)OC(=O)CCCCCC[C@H]1[C@@H](O)CC(=O)[C@@H]1/C=C/[C@@H](O)CCCCC. The maximum Gasteiger partial charge on any atom is 0.469 e. The molecule has 1 aliphatic carbocycles. The molecular formula is C45H73O11P. The lowest BCUT2D eigenvalue weighted by molar-refractivity contribution is -0.161. The van der Waals surface area contributed by atoms with E-state index in [0.717, 1.165) is 64.2 Å². The van der Waals surface area contributed by atoms with Crippen molar-refractivity contribution in [3.8, 4) is 0 Å². The maximum atomic E-state index is 12.5. The van der Waals surface area contributed by atoms with Gasteiger partial charge in [-0.25, -0.2) is 4.57 Å². The number of allylic oxidation sites excluding steroid dienone is 11. The van der Waals surface area contributed by atoms with Crippen LogP contribution in [0.15, 0.2) is 72.9 Å². The Bertz CT molecular complexity index is 1310. The lowest BCUT2D eigenvalue weighted by atomic mass is 9.88. The average Bonchev–Trinajstić information content (AvgIpc) is 3.44. The number of rotatable bonds is 34. The Kier molecular flexibility index (Phi) is 31.1. The fourth-order valence-corrected chi connectivity index (χ4v) is 6.74. The van der Waals surface area contributed by atoms with Gasteiger partial charge < -0.3 is 29.5 Å². The maximum absolute atomic E-state index is 12.5. The summed E-state index contributed by atoms with van der Waals surface area (Å²) >= 11 is 0. The van der Waals surface area contributed by atoms with Crippen LogP contribution in [0.5, 0.6) is 0 Å². The van der Waals surface area contributed by atoms with Crippen LogP contribution in [0.2, 0.25) is 0 Å². The summed E-state index contributed by atoms with van der Waals surface area (Å²) < 4.78 is 26.3. The summed E-state index contributed by atoms with van der Waals surface area (Å²) in [4.78, 5) is 55.5. The van der Waals surface area contributed by atoms with Crippen LogP contribution in [0, 0.1) is 11.8 Å². The molecule has 0 amide bonds. The molecule has 1 fully saturated rings. The van der Waals surface area contributed by atoms with Gasteiger partial charge in [-0.05, 0) is 70.1 Å².